The van der Waals surface area contributed by atoms with Gasteiger partial charge in [-0.05, 0) is 49.8 Å². The van der Waals surface area contributed by atoms with Crippen molar-refractivity contribution in [1.29, 1.82) is 0 Å². The smallest absolute Gasteiger partial charge is 0.329 e. The number of nitrogens with one attached hydrogen (secondary N) is 2. The molecule has 2 aromatic rings. The van der Waals surface area contributed by atoms with Gasteiger partial charge < -0.3 is 25.2 Å². The van der Waals surface area contributed by atoms with Crippen molar-refractivity contribution in [3.63, 3.8) is 0 Å². The molecule has 2 aromatic carbocycles. The Hall–Kier alpha value is -3.86. The van der Waals surface area contributed by atoms with Crippen LogP contribution in [0.2, 0.25) is 0 Å². The number of aryl methyl sites for hydroxylation is 1. The minimum absolute atomic E-state index is 0.0828. The molecule has 0 spiro atoms. The largest absolute Gasteiger partial charge is 0.490 e. The number of imide groups is 1. The number of ether oxygens (including phenoxy) is 2. The number of nitrogens with zero attached hydrogens (tertiary/aromatic N) is 1. The second-order valence-corrected chi connectivity index (χ2v) is 8.08. The Labute approximate surface area is 203 Å². The number of carboxylic acids is 1. The molecule has 0 saturated carbocycles. The van der Waals surface area contributed by atoms with E-state index in [1.165, 1.54) is 6.08 Å². The number of carboxylic acid groups (broad SMARTS) is 1. The van der Waals surface area contributed by atoms with Gasteiger partial charge in [-0.2, -0.15) is 0 Å². The van der Waals surface area contributed by atoms with Crippen LogP contribution in [0.3, 0.4) is 0 Å². The number of hydrogen-bond donors (Lipinski definition) is 3. The molecule has 0 bridgehead atoms. The van der Waals surface area contributed by atoms with Crippen molar-refractivity contribution in [2.45, 2.75) is 13.8 Å². The lowest BCUT2D eigenvalue weighted by molar-refractivity contribution is -0.140. The van der Waals surface area contributed by atoms with Gasteiger partial charge in [-0.1, -0.05) is 33.6 Å². The van der Waals surface area contributed by atoms with Crippen LogP contribution in [0.25, 0.3) is 6.08 Å². The van der Waals surface area contributed by atoms with Gasteiger partial charge >= 0.3 is 12.0 Å². The Kier molecular flexibility index (Phi) is 7.90. The lowest BCUT2D eigenvalue weighted by Crippen LogP contribution is -2.35. The Morgan fingerprint density at radius 2 is 1.82 bits per heavy atom. The maximum absolute atomic E-state index is 12.4. The van der Waals surface area contributed by atoms with Crippen LogP contribution in [-0.4, -0.2) is 53.6 Å². The van der Waals surface area contributed by atoms with E-state index in [0.717, 1.165) is 5.56 Å². The highest BCUT2D eigenvalue weighted by Crippen LogP contribution is 2.35. The molecule has 1 heterocycles. The number of rotatable bonds is 9. The third kappa shape index (κ3) is 6.13. The first-order valence-electron chi connectivity index (χ1n) is 10.2. The van der Waals surface area contributed by atoms with Gasteiger partial charge in [0.05, 0.1) is 6.61 Å². The highest BCUT2D eigenvalue weighted by atomic mass is 79.9. The fraction of sp³-hybridized carbons (Fsp3) is 0.217. The maximum atomic E-state index is 12.4. The van der Waals surface area contributed by atoms with E-state index in [9.17, 15) is 19.2 Å². The molecule has 0 aromatic heterocycles. The van der Waals surface area contributed by atoms with Gasteiger partial charge in [0, 0.05) is 10.2 Å². The van der Waals surface area contributed by atoms with Crippen LogP contribution in [0.1, 0.15) is 18.1 Å². The number of carbonyl (C=O) groups excluding carboxylic acids is 3. The summed E-state index contributed by atoms with van der Waals surface area (Å²) in [7, 11) is 0. The van der Waals surface area contributed by atoms with Crippen molar-refractivity contribution in [1.82, 2.24) is 10.2 Å². The van der Waals surface area contributed by atoms with E-state index in [0.29, 0.717) is 38.7 Å². The average molecular weight is 532 g/mol. The number of carbonyl (C=O) groups is 4. The number of hydrogen-bond acceptors (Lipinski definition) is 6. The summed E-state index contributed by atoms with van der Waals surface area (Å²) in [5.41, 5.74) is 2.11. The van der Waals surface area contributed by atoms with Crippen molar-refractivity contribution in [3.8, 4) is 11.5 Å². The molecule has 1 aliphatic rings. The second-order valence-electron chi connectivity index (χ2n) is 7.23. The number of aliphatic carboxylic acids is 1. The monoisotopic (exact) mass is 531 g/mol. The van der Waals surface area contributed by atoms with Crippen molar-refractivity contribution in [3.05, 3.63) is 57.7 Å². The SMILES string of the molecule is CCOc1cc(/C=C2/NC(=O)N(CC(=O)O)C2=O)c(Br)cc1OCC(=O)Nc1ccc(C)cc1. The number of benzene rings is 2. The van der Waals surface area contributed by atoms with Crippen LogP contribution < -0.4 is 20.1 Å². The summed E-state index contributed by atoms with van der Waals surface area (Å²) in [5, 5.41) is 14.0. The standard InChI is InChI=1S/C23H22BrN3O7/c1-3-33-18-9-14(8-17-22(31)27(11-21(29)30)23(32)26-17)16(24)10-19(18)34-12-20(28)25-15-6-4-13(2)5-7-15/h4-10H,3,11-12H2,1-2H3,(H,25,28)(H,26,32)(H,29,30)/b17-8+. The number of amides is 4. The van der Waals surface area contributed by atoms with Gasteiger partial charge in [0.15, 0.2) is 18.1 Å². The second kappa shape index (κ2) is 10.8. The molecule has 34 heavy (non-hydrogen) atoms. The molecule has 1 fully saturated rings. The molecule has 3 N–H and O–H groups in total. The summed E-state index contributed by atoms with van der Waals surface area (Å²) in [6, 6.07) is 9.68. The third-order valence-electron chi connectivity index (χ3n) is 4.61. The zero-order valence-corrected chi connectivity index (χ0v) is 20.0. The van der Waals surface area contributed by atoms with E-state index in [1.54, 1.807) is 31.2 Å². The minimum Gasteiger partial charge on any atom is -0.490 e. The van der Waals surface area contributed by atoms with Gasteiger partial charge in [-0.3, -0.25) is 14.4 Å². The topological polar surface area (TPSA) is 134 Å². The molecular formula is C23H22BrN3O7. The van der Waals surface area contributed by atoms with Gasteiger partial charge in [-0.25, -0.2) is 9.69 Å². The van der Waals surface area contributed by atoms with E-state index in [1.807, 2.05) is 19.1 Å². The van der Waals surface area contributed by atoms with Gasteiger partial charge in [0.2, 0.25) is 0 Å². The lowest BCUT2D eigenvalue weighted by Gasteiger charge is -2.14. The van der Waals surface area contributed by atoms with Crippen molar-refractivity contribution in [2.75, 3.05) is 25.1 Å². The fourth-order valence-electron chi connectivity index (χ4n) is 3.03. The van der Waals surface area contributed by atoms with E-state index < -0.39 is 24.5 Å². The number of anilines is 1. The molecule has 10 nitrogen and oxygen atoms in total. The predicted octanol–water partition coefficient (Wildman–Crippen LogP) is 3.15. The van der Waals surface area contributed by atoms with Crippen LogP contribution in [-0.2, 0) is 14.4 Å². The third-order valence-corrected chi connectivity index (χ3v) is 5.30. The van der Waals surface area contributed by atoms with Crippen LogP contribution in [0.15, 0.2) is 46.6 Å². The zero-order valence-electron chi connectivity index (χ0n) is 18.4. The summed E-state index contributed by atoms with van der Waals surface area (Å²) in [6.45, 7) is 3.03. The van der Waals surface area contributed by atoms with E-state index in [2.05, 4.69) is 26.6 Å². The minimum atomic E-state index is -1.31. The normalized spacial score (nSPS) is 14.2. The quantitative estimate of drug-likeness (QED) is 0.334. The van der Waals surface area contributed by atoms with Gasteiger partial charge in [0.25, 0.3) is 11.8 Å². The van der Waals surface area contributed by atoms with E-state index >= 15 is 0 Å². The summed E-state index contributed by atoms with van der Waals surface area (Å²) >= 11 is 3.39. The molecular weight excluding hydrogens is 510 g/mol. The van der Waals surface area contributed by atoms with Crippen molar-refractivity contribution in [2.24, 2.45) is 0 Å². The first kappa shape index (κ1) is 24.8. The summed E-state index contributed by atoms with van der Waals surface area (Å²) in [6.07, 6.45) is 1.39. The highest BCUT2D eigenvalue weighted by molar-refractivity contribution is 9.10. The zero-order chi connectivity index (χ0) is 24.8. The molecule has 0 atom stereocenters. The predicted molar refractivity (Wildman–Crippen MR) is 126 cm³/mol. The number of urea groups is 1. The molecule has 178 valence electrons. The first-order chi connectivity index (χ1) is 16.2. The maximum Gasteiger partial charge on any atom is 0.329 e. The summed E-state index contributed by atoms with van der Waals surface area (Å²) < 4.78 is 11.8. The Morgan fingerprint density at radius 3 is 2.47 bits per heavy atom. The van der Waals surface area contributed by atoms with Crippen molar-refractivity contribution < 1.29 is 33.8 Å². The van der Waals surface area contributed by atoms with Crippen LogP contribution in [0.4, 0.5) is 10.5 Å². The molecule has 0 aliphatic carbocycles. The molecule has 0 radical (unpaired) electrons. The first-order valence-corrected chi connectivity index (χ1v) is 11.0. The van der Waals surface area contributed by atoms with Crippen LogP contribution >= 0.6 is 15.9 Å². The molecule has 3 rings (SSSR count). The molecule has 1 aliphatic heterocycles. The Bertz CT molecular complexity index is 1160. The van der Waals surface area contributed by atoms with E-state index in [4.69, 9.17) is 14.6 Å². The fourth-order valence-corrected chi connectivity index (χ4v) is 3.46. The van der Waals surface area contributed by atoms with Crippen LogP contribution in [0, 0.1) is 6.92 Å². The van der Waals surface area contributed by atoms with Crippen LogP contribution in [0.5, 0.6) is 11.5 Å². The Morgan fingerprint density at radius 1 is 1.15 bits per heavy atom. The molecule has 0 unspecified atom stereocenters. The number of halogens is 1. The molecule has 1 saturated heterocycles. The Balaban J connectivity index is 1.76. The van der Waals surface area contributed by atoms with E-state index in [-0.39, 0.29) is 18.2 Å². The molecule has 4 amide bonds. The summed E-state index contributed by atoms with van der Waals surface area (Å²) in [5.74, 6) is -1.81. The van der Waals surface area contributed by atoms with Gasteiger partial charge in [-0.15, -0.1) is 0 Å². The average Bonchev–Trinajstić information content (AvgIpc) is 3.03. The molecule has 11 heteroatoms. The summed E-state index contributed by atoms with van der Waals surface area (Å²) in [4.78, 5) is 48.1. The van der Waals surface area contributed by atoms with Gasteiger partial charge in [0.1, 0.15) is 12.2 Å². The lowest BCUT2D eigenvalue weighted by atomic mass is 10.1. The van der Waals surface area contributed by atoms with Crippen molar-refractivity contribution >= 4 is 51.5 Å². The highest BCUT2D eigenvalue weighted by Gasteiger charge is 2.35.